The molecular formula is C10H17NO3. The number of fused-ring (bicyclic) bond motifs is 1. The second kappa shape index (κ2) is 4.28. The molecule has 0 aliphatic heterocycles. The summed E-state index contributed by atoms with van der Waals surface area (Å²) in [6.07, 6.45) is 3.46. The normalized spacial score (nSPS) is 33.9. The minimum atomic E-state index is 0.0494. The van der Waals surface area contributed by atoms with E-state index in [1.807, 2.05) is 0 Å². The molecule has 1 amide bonds. The number of hydrogen-bond acceptors (Lipinski definition) is 3. The van der Waals surface area contributed by atoms with Crippen LogP contribution in [-0.4, -0.2) is 26.2 Å². The Balaban J connectivity index is 1.59. The van der Waals surface area contributed by atoms with Crippen molar-refractivity contribution in [2.45, 2.75) is 19.3 Å². The van der Waals surface area contributed by atoms with E-state index in [1.54, 1.807) is 7.11 Å². The van der Waals surface area contributed by atoms with E-state index in [9.17, 15) is 4.79 Å². The zero-order valence-electron chi connectivity index (χ0n) is 8.49. The molecular weight excluding hydrogens is 182 g/mol. The van der Waals surface area contributed by atoms with Crippen molar-refractivity contribution in [1.29, 1.82) is 0 Å². The molecule has 2 rings (SSSR count). The maximum absolute atomic E-state index is 11.5. The van der Waals surface area contributed by atoms with Crippen LogP contribution >= 0.6 is 0 Å². The Kier molecular flexibility index (Phi) is 3.03. The molecule has 2 aliphatic carbocycles. The van der Waals surface area contributed by atoms with Crippen LogP contribution < -0.4 is 5.48 Å². The molecule has 14 heavy (non-hydrogen) atoms. The van der Waals surface area contributed by atoms with E-state index < -0.39 is 0 Å². The molecule has 0 saturated heterocycles. The zero-order valence-corrected chi connectivity index (χ0v) is 8.49. The average molecular weight is 199 g/mol. The lowest BCUT2D eigenvalue weighted by Gasteiger charge is -2.11. The molecule has 80 valence electrons. The fraction of sp³-hybridized carbons (Fsp3) is 0.900. The summed E-state index contributed by atoms with van der Waals surface area (Å²) >= 11 is 0. The van der Waals surface area contributed by atoms with E-state index in [0.717, 1.165) is 24.7 Å². The van der Waals surface area contributed by atoms with E-state index in [-0.39, 0.29) is 11.8 Å². The number of hydrogen-bond donors (Lipinski definition) is 1. The number of ether oxygens (including phenoxy) is 1. The van der Waals surface area contributed by atoms with Gasteiger partial charge in [0.1, 0.15) is 0 Å². The Morgan fingerprint density at radius 3 is 2.64 bits per heavy atom. The van der Waals surface area contributed by atoms with Gasteiger partial charge in [0.05, 0.1) is 13.2 Å². The van der Waals surface area contributed by atoms with Crippen molar-refractivity contribution >= 4 is 5.91 Å². The second-order valence-electron chi connectivity index (χ2n) is 4.23. The number of rotatable bonds is 5. The summed E-state index contributed by atoms with van der Waals surface area (Å²) in [5.41, 5.74) is 2.48. The second-order valence-corrected chi connectivity index (χ2v) is 4.23. The maximum Gasteiger partial charge on any atom is 0.246 e. The third kappa shape index (κ3) is 2.25. The van der Waals surface area contributed by atoms with Crippen LogP contribution in [-0.2, 0) is 14.4 Å². The van der Waals surface area contributed by atoms with Crippen molar-refractivity contribution in [3.8, 4) is 0 Å². The Morgan fingerprint density at radius 2 is 2.00 bits per heavy atom. The van der Waals surface area contributed by atoms with Crippen molar-refractivity contribution < 1.29 is 14.4 Å². The molecule has 0 spiro atoms. The van der Waals surface area contributed by atoms with E-state index in [4.69, 9.17) is 9.57 Å². The first-order chi connectivity index (χ1) is 6.81. The van der Waals surface area contributed by atoms with Crippen LogP contribution in [0.4, 0.5) is 0 Å². The molecule has 2 saturated carbocycles. The van der Waals surface area contributed by atoms with E-state index in [1.165, 1.54) is 6.42 Å². The monoisotopic (exact) mass is 199 g/mol. The quantitative estimate of drug-likeness (QED) is 0.524. The largest absolute Gasteiger partial charge is 0.382 e. The highest BCUT2D eigenvalue weighted by molar-refractivity contribution is 5.78. The van der Waals surface area contributed by atoms with Crippen molar-refractivity contribution in [2.24, 2.45) is 17.8 Å². The van der Waals surface area contributed by atoms with Gasteiger partial charge in [-0.25, -0.2) is 5.48 Å². The molecule has 1 N–H and O–H groups in total. The predicted molar refractivity (Wildman–Crippen MR) is 50.3 cm³/mol. The number of carbonyl (C=O) groups excluding carboxylic acids is 1. The van der Waals surface area contributed by atoms with Gasteiger partial charge in [0.2, 0.25) is 5.91 Å². The molecule has 4 nitrogen and oxygen atoms in total. The third-order valence-electron chi connectivity index (χ3n) is 3.18. The summed E-state index contributed by atoms with van der Waals surface area (Å²) < 4.78 is 4.80. The summed E-state index contributed by atoms with van der Waals surface area (Å²) in [5, 5.41) is 0. The molecule has 0 aromatic heterocycles. The first kappa shape index (κ1) is 9.93. The average Bonchev–Trinajstić information content (AvgIpc) is 2.80. The Bertz CT molecular complexity index is 209. The smallest absolute Gasteiger partial charge is 0.246 e. The van der Waals surface area contributed by atoms with Crippen molar-refractivity contribution in [3.05, 3.63) is 0 Å². The van der Waals surface area contributed by atoms with Gasteiger partial charge >= 0.3 is 0 Å². The molecule has 4 heteroatoms. The molecule has 0 aromatic carbocycles. The molecule has 0 aromatic rings. The lowest BCUT2D eigenvalue weighted by molar-refractivity contribution is -0.138. The summed E-state index contributed by atoms with van der Waals surface area (Å²) in [6.45, 7) is 0.929. The van der Waals surface area contributed by atoms with Gasteiger partial charge < -0.3 is 4.74 Å². The lowest BCUT2D eigenvalue weighted by Crippen LogP contribution is -2.31. The highest BCUT2D eigenvalue weighted by Gasteiger charge is 2.48. The van der Waals surface area contributed by atoms with Gasteiger partial charge in [-0.2, -0.15) is 0 Å². The Labute approximate surface area is 83.9 Å². The number of methoxy groups -OCH3 is 1. The minimum Gasteiger partial charge on any atom is -0.382 e. The van der Waals surface area contributed by atoms with Crippen molar-refractivity contribution in [3.63, 3.8) is 0 Å². The maximum atomic E-state index is 11.5. The van der Waals surface area contributed by atoms with Gasteiger partial charge in [-0.15, -0.1) is 0 Å². The highest BCUT2D eigenvalue weighted by Crippen LogP contribution is 2.54. The molecule has 2 fully saturated rings. The van der Waals surface area contributed by atoms with Gasteiger partial charge in [-0.05, 0) is 31.1 Å². The molecule has 2 unspecified atom stereocenters. The summed E-state index contributed by atoms with van der Waals surface area (Å²) in [6, 6.07) is 0. The van der Waals surface area contributed by atoms with Crippen LogP contribution in [0.1, 0.15) is 19.3 Å². The SMILES string of the molecule is COCCONC(=O)C1CC2CC2C1. The fourth-order valence-corrected chi connectivity index (χ4v) is 2.26. The van der Waals surface area contributed by atoms with Gasteiger partial charge in [0.25, 0.3) is 0 Å². The standard InChI is InChI=1S/C10H17NO3/c1-13-2-3-14-11-10(12)9-5-7-4-8(7)6-9/h7-9H,2-6H2,1H3,(H,11,12). The summed E-state index contributed by atoms with van der Waals surface area (Å²) in [4.78, 5) is 16.5. The zero-order chi connectivity index (χ0) is 9.97. The molecule has 2 atom stereocenters. The fourth-order valence-electron chi connectivity index (χ4n) is 2.26. The minimum absolute atomic E-state index is 0.0494. The van der Waals surface area contributed by atoms with Crippen LogP contribution in [0.5, 0.6) is 0 Å². The van der Waals surface area contributed by atoms with Crippen LogP contribution in [0.15, 0.2) is 0 Å². The number of amides is 1. The van der Waals surface area contributed by atoms with E-state index in [0.29, 0.717) is 13.2 Å². The highest BCUT2D eigenvalue weighted by atomic mass is 16.7. The topological polar surface area (TPSA) is 47.6 Å². The number of hydroxylamine groups is 1. The first-order valence-electron chi connectivity index (χ1n) is 5.22. The van der Waals surface area contributed by atoms with Gasteiger partial charge in [0, 0.05) is 13.0 Å². The van der Waals surface area contributed by atoms with Crippen LogP contribution in [0.3, 0.4) is 0 Å². The summed E-state index contributed by atoms with van der Waals surface area (Å²) in [7, 11) is 1.61. The molecule has 0 radical (unpaired) electrons. The molecule has 0 bridgehead atoms. The lowest BCUT2D eigenvalue weighted by atomic mass is 10.0. The molecule has 2 aliphatic rings. The molecule has 0 heterocycles. The number of nitrogens with one attached hydrogen (secondary N) is 1. The van der Waals surface area contributed by atoms with Crippen molar-refractivity contribution in [2.75, 3.05) is 20.3 Å². The van der Waals surface area contributed by atoms with Crippen molar-refractivity contribution in [1.82, 2.24) is 5.48 Å². The number of carbonyl (C=O) groups is 1. The first-order valence-corrected chi connectivity index (χ1v) is 5.22. The van der Waals surface area contributed by atoms with Gasteiger partial charge in [-0.3, -0.25) is 9.63 Å². The summed E-state index contributed by atoms with van der Waals surface area (Å²) in [5.74, 6) is 1.92. The van der Waals surface area contributed by atoms with Gasteiger partial charge in [0.15, 0.2) is 0 Å². The Morgan fingerprint density at radius 1 is 1.29 bits per heavy atom. The van der Waals surface area contributed by atoms with E-state index >= 15 is 0 Å². The van der Waals surface area contributed by atoms with Crippen LogP contribution in [0.2, 0.25) is 0 Å². The third-order valence-corrected chi connectivity index (χ3v) is 3.18. The Hall–Kier alpha value is -0.610. The predicted octanol–water partition coefficient (Wildman–Crippen LogP) is 0.727. The van der Waals surface area contributed by atoms with E-state index in [2.05, 4.69) is 5.48 Å². The van der Waals surface area contributed by atoms with Gasteiger partial charge in [-0.1, -0.05) is 0 Å². The van der Waals surface area contributed by atoms with Crippen LogP contribution in [0, 0.1) is 17.8 Å². The van der Waals surface area contributed by atoms with Crippen LogP contribution in [0.25, 0.3) is 0 Å².